The maximum Gasteiger partial charge on any atom is 0.175 e. The monoisotopic (exact) mass is 390 g/mol. The molecule has 1 unspecified atom stereocenters. The number of benzene rings is 2. The molecule has 0 saturated heterocycles. The molecular formula is C23H25F3O2. The molecule has 0 spiro atoms. The first-order valence-electron chi connectivity index (χ1n) is 10.1. The molecule has 1 fully saturated rings. The molecule has 1 heterocycles. The van der Waals surface area contributed by atoms with Gasteiger partial charge in [-0.25, -0.2) is 13.2 Å². The Morgan fingerprint density at radius 1 is 1.04 bits per heavy atom. The van der Waals surface area contributed by atoms with Gasteiger partial charge in [0, 0.05) is 5.56 Å². The molecule has 150 valence electrons. The zero-order valence-corrected chi connectivity index (χ0v) is 16.1. The summed E-state index contributed by atoms with van der Waals surface area (Å²) in [6.45, 7) is 2.21. The Kier molecular flexibility index (Phi) is 5.63. The first kappa shape index (κ1) is 19.3. The highest BCUT2D eigenvalue weighted by Gasteiger charge is 2.28. The Bertz CT molecular complexity index is 901. The summed E-state index contributed by atoms with van der Waals surface area (Å²) >= 11 is 0. The molecule has 1 saturated carbocycles. The molecule has 2 aromatic carbocycles. The van der Waals surface area contributed by atoms with Gasteiger partial charge in [-0.2, -0.15) is 0 Å². The molecular weight excluding hydrogens is 365 g/mol. The summed E-state index contributed by atoms with van der Waals surface area (Å²) in [5, 5.41) is -0.0604. The van der Waals surface area contributed by atoms with Gasteiger partial charge in [0.1, 0.15) is 0 Å². The van der Waals surface area contributed by atoms with Crippen LogP contribution >= 0.6 is 0 Å². The zero-order chi connectivity index (χ0) is 19.7. The minimum absolute atomic E-state index is 0.0726. The fourth-order valence-corrected chi connectivity index (χ4v) is 4.47. The molecule has 5 heteroatoms. The SMILES string of the molecule is CCOc1ccc2cc(C3=CCC(C4CCCCC4)OC3)c(F)c(F)c2c1F. The van der Waals surface area contributed by atoms with Crippen molar-refractivity contribution < 1.29 is 22.6 Å². The van der Waals surface area contributed by atoms with Crippen molar-refractivity contribution in [2.24, 2.45) is 5.92 Å². The summed E-state index contributed by atoms with van der Waals surface area (Å²) in [6, 6.07) is 4.51. The topological polar surface area (TPSA) is 18.5 Å². The lowest BCUT2D eigenvalue weighted by atomic mass is 9.83. The smallest absolute Gasteiger partial charge is 0.175 e. The van der Waals surface area contributed by atoms with Crippen molar-refractivity contribution in [3.05, 3.63) is 47.3 Å². The van der Waals surface area contributed by atoms with E-state index >= 15 is 0 Å². The van der Waals surface area contributed by atoms with Crippen LogP contribution in [0.4, 0.5) is 13.2 Å². The zero-order valence-electron chi connectivity index (χ0n) is 16.1. The van der Waals surface area contributed by atoms with E-state index in [0.29, 0.717) is 23.3 Å². The van der Waals surface area contributed by atoms with E-state index in [1.165, 1.54) is 44.2 Å². The Labute approximate surface area is 163 Å². The highest BCUT2D eigenvalue weighted by atomic mass is 19.2. The number of fused-ring (bicyclic) bond motifs is 1. The average Bonchev–Trinajstić information content (AvgIpc) is 2.73. The van der Waals surface area contributed by atoms with E-state index < -0.39 is 17.5 Å². The second-order valence-electron chi connectivity index (χ2n) is 7.67. The molecule has 2 nitrogen and oxygen atoms in total. The minimum atomic E-state index is -1.18. The lowest BCUT2D eigenvalue weighted by molar-refractivity contribution is 0.0147. The Balaban J connectivity index is 1.65. The van der Waals surface area contributed by atoms with Crippen molar-refractivity contribution in [2.45, 2.75) is 51.6 Å². The van der Waals surface area contributed by atoms with Crippen molar-refractivity contribution >= 4 is 16.3 Å². The Hall–Kier alpha value is -2.01. The van der Waals surface area contributed by atoms with Gasteiger partial charge in [-0.05, 0) is 55.2 Å². The predicted octanol–water partition coefficient (Wildman–Crippen LogP) is 6.41. The molecule has 2 aliphatic rings. The van der Waals surface area contributed by atoms with Gasteiger partial charge in [0.15, 0.2) is 23.2 Å². The van der Waals surface area contributed by atoms with Crippen LogP contribution in [0.3, 0.4) is 0 Å². The molecule has 28 heavy (non-hydrogen) atoms. The van der Waals surface area contributed by atoms with Crippen LogP contribution in [0.25, 0.3) is 16.3 Å². The number of ether oxygens (including phenoxy) is 2. The second-order valence-corrected chi connectivity index (χ2v) is 7.67. The molecule has 1 aliphatic heterocycles. The van der Waals surface area contributed by atoms with Gasteiger partial charge in [0.05, 0.1) is 24.7 Å². The average molecular weight is 390 g/mol. The molecule has 2 aromatic rings. The first-order valence-corrected chi connectivity index (χ1v) is 10.1. The molecule has 1 aliphatic carbocycles. The van der Waals surface area contributed by atoms with E-state index in [0.717, 1.165) is 0 Å². The van der Waals surface area contributed by atoms with E-state index in [1.807, 2.05) is 6.08 Å². The third kappa shape index (κ3) is 3.52. The summed E-state index contributed by atoms with van der Waals surface area (Å²) in [5.41, 5.74) is 0.773. The summed E-state index contributed by atoms with van der Waals surface area (Å²) in [5.74, 6) is -2.60. The third-order valence-corrected chi connectivity index (χ3v) is 5.96. The van der Waals surface area contributed by atoms with Crippen molar-refractivity contribution in [3.63, 3.8) is 0 Å². The van der Waals surface area contributed by atoms with Crippen LogP contribution in [0.2, 0.25) is 0 Å². The van der Waals surface area contributed by atoms with Crippen LogP contribution in [-0.4, -0.2) is 19.3 Å². The third-order valence-electron chi connectivity index (χ3n) is 5.96. The first-order chi connectivity index (χ1) is 13.6. The summed E-state index contributed by atoms with van der Waals surface area (Å²) in [7, 11) is 0. The fraction of sp³-hybridized carbons (Fsp3) is 0.478. The Morgan fingerprint density at radius 3 is 2.50 bits per heavy atom. The normalized spacial score (nSPS) is 21.0. The number of hydrogen-bond acceptors (Lipinski definition) is 2. The minimum Gasteiger partial charge on any atom is -0.491 e. The van der Waals surface area contributed by atoms with E-state index in [2.05, 4.69) is 0 Å². The van der Waals surface area contributed by atoms with Gasteiger partial charge in [-0.15, -0.1) is 0 Å². The molecule has 0 amide bonds. The molecule has 1 atom stereocenters. The molecule has 0 aromatic heterocycles. The lowest BCUT2D eigenvalue weighted by Gasteiger charge is -2.32. The van der Waals surface area contributed by atoms with Crippen LogP contribution in [-0.2, 0) is 4.74 Å². The number of halogens is 3. The van der Waals surface area contributed by atoms with E-state index in [1.54, 1.807) is 13.0 Å². The van der Waals surface area contributed by atoms with Crippen molar-refractivity contribution in [1.29, 1.82) is 0 Å². The molecule has 0 N–H and O–H groups in total. The van der Waals surface area contributed by atoms with Crippen LogP contribution in [0, 0.1) is 23.4 Å². The lowest BCUT2D eigenvalue weighted by Crippen LogP contribution is -2.29. The van der Waals surface area contributed by atoms with Crippen LogP contribution in [0.5, 0.6) is 5.75 Å². The maximum atomic E-state index is 14.8. The highest BCUT2D eigenvalue weighted by Crippen LogP contribution is 2.37. The highest BCUT2D eigenvalue weighted by molar-refractivity contribution is 5.89. The summed E-state index contributed by atoms with van der Waals surface area (Å²) in [6.07, 6.45) is 8.93. The van der Waals surface area contributed by atoms with E-state index in [4.69, 9.17) is 9.47 Å². The van der Waals surface area contributed by atoms with Gasteiger partial charge in [-0.3, -0.25) is 0 Å². The van der Waals surface area contributed by atoms with Gasteiger partial charge in [0.2, 0.25) is 0 Å². The van der Waals surface area contributed by atoms with Gasteiger partial charge in [-0.1, -0.05) is 31.4 Å². The molecule has 0 bridgehead atoms. The van der Waals surface area contributed by atoms with Crippen LogP contribution < -0.4 is 4.74 Å². The maximum absolute atomic E-state index is 14.8. The van der Waals surface area contributed by atoms with Gasteiger partial charge in [0.25, 0.3) is 0 Å². The number of hydrogen-bond donors (Lipinski definition) is 0. The summed E-state index contributed by atoms with van der Waals surface area (Å²) in [4.78, 5) is 0. The van der Waals surface area contributed by atoms with Crippen LogP contribution in [0.1, 0.15) is 51.0 Å². The van der Waals surface area contributed by atoms with Gasteiger partial charge >= 0.3 is 0 Å². The Morgan fingerprint density at radius 2 is 1.82 bits per heavy atom. The van der Waals surface area contributed by atoms with E-state index in [9.17, 15) is 13.2 Å². The molecule has 0 radical (unpaired) electrons. The van der Waals surface area contributed by atoms with Gasteiger partial charge < -0.3 is 9.47 Å². The quantitative estimate of drug-likeness (QED) is 0.601. The standard InChI is InChI=1S/C23H25F3O2/c1-2-27-19-11-8-15-12-17(21(24)23(26)20(15)22(19)25)16-9-10-18(28-13-16)14-6-4-3-5-7-14/h8-9,11-12,14,18H,2-7,10,13H2,1H3. The number of rotatable bonds is 4. The van der Waals surface area contributed by atoms with E-state index in [-0.39, 0.29) is 36.0 Å². The molecule has 4 rings (SSSR count). The van der Waals surface area contributed by atoms with Crippen molar-refractivity contribution in [1.82, 2.24) is 0 Å². The van der Waals surface area contributed by atoms with Crippen molar-refractivity contribution in [3.8, 4) is 5.75 Å². The second kappa shape index (κ2) is 8.16. The predicted molar refractivity (Wildman–Crippen MR) is 104 cm³/mol. The summed E-state index contributed by atoms with van der Waals surface area (Å²) < 4.78 is 55.2. The largest absolute Gasteiger partial charge is 0.491 e. The van der Waals surface area contributed by atoms with Crippen LogP contribution in [0.15, 0.2) is 24.3 Å². The fourth-order valence-electron chi connectivity index (χ4n) is 4.47. The van der Waals surface area contributed by atoms with Crippen molar-refractivity contribution in [2.75, 3.05) is 13.2 Å².